The Bertz CT molecular complexity index is 363. The predicted octanol–water partition coefficient (Wildman–Crippen LogP) is 2.10. The van der Waals surface area contributed by atoms with Crippen molar-refractivity contribution in [1.82, 2.24) is 9.97 Å². The molecule has 0 radical (unpaired) electrons. The van der Waals surface area contributed by atoms with Crippen LogP contribution in [-0.2, 0) is 0 Å². The zero-order valence-electron chi connectivity index (χ0n) is 10.3. The van der Waals surface area contributed by atoms with Crippen molar-refractivity contribution >= 4 is 39.5 Å². The minimum atomic E-state index is 0.416. The standard InChI is InChI=1S/C10H18BrN5S/c1-7(4-5-17-3)16(2)9-8(11)6-13-10(14-9)15-12/h6-7H,4-5,12H2,1-3H3,(H,13,14,15). The van der Waals surface area contributed by atoms with Crippen LogP contribution in [-0.4, -0.2) is 35.1 Å². The van der Waals surface area contributed by atoms with Crippen molar-refractivity contribution in [3.63, 3.8) is 0 Å². The van der Waals surface area contributed by atoms with Gasteiger partial charge in [0.15, 0.2) is 0 Å². The van der Waals surface area contributed by atoms with E-state index >= 15 is 0 Å². The van der Waals surface area contributed by atoms with Crippen LogP contribution in [0, 0.1) is 0 Å². The van der Waals surface area contributed by atoms with E-state index in [1.54, 1.807) is 6.20 Å². The number of aromatic nitrogens is 2. The first kappa shape index (κ1) is 14.5. The molecule has 0 saturated heterocycles. The molecule has 1 atom stereocenters. The predicted molar refractivity (Wildman–Crippen MR) is 78.4 cm³/mol. The molecule has 1 aromatic rings. The fourth-order valence-electron chi connectivity index (χ4n) is 1.37. The van der Waals surface area contributed by atoms with E-state index in [1.807, 2.05) is 18.8 Å². The van der Waals surface area contributed by atoms with Crippen LogP contribution in [0.1, 0.15) is 13.3 Å². The molecule has 96 valence electrons. The van der Waals surface area contributed by atoms with Crippen molar-refractivity contribution in [3.05, 3.63) is 10.7 Å². The molecule has 0 fully saturated rings. The number of hydrazine groups is 1. The summed E-state index contributed by atoms with van der Waals surface area (Å²) in [5, 5.41) is 0. The minimum Gasteiger partial charge on any atom is -0.356 e. The molecule has 1 rings (SSSR count). The summed E-state index contributed by atoms with van der Waals surface area (Å²) in [5.41, 5.74) is 2.46. The summed E-state index contributed by atoms with van der Waals surface area (Å²) in [4.78, 5) is 10.5. The Labute approximate surface area is 115 Å². The monoisotopic (exact) mass is 319 g/mol. The van der Waals surface area contributed by atoms with E-state index < -0.39 is 0 Å². The second kappa shape index (κ2) is 7.03. The van der Waals surface area contributed by atoms with Gasteiger partial charge in [0, 0.05) is 19.3 Å². The van der Waals surface area contributed by atoms with Gasteiger partial charge in [-0.15, -0.1) is 0 Å². The third-order valence-corrected chi connectivity index (χ3v) is 3.79. The molecule has 0 spiro atoms. The van der Waals surface area contributed by atoms with Crippen LogP contribution in [0.5, 0.6) is 0 Å². The molecule has 1 heterocycles. The van der Waals surface area contributed by atoms with Gasteiger partial charge in [-0.05, 0) is 41.3 Å². The maximum Gasteiger partial charge on any atom is 0.239 e. The average Bonchev–Trinajstić information content (AvgIpc) is 2.35. The Kier molecular flexibility index (Phi) is 6.01. The normalized spacial score (nSPS) is 12.3. The van der Waals surface area contributed by atoms with Crippen LogP contribution in [0.25, 0.3) is 0 Å². The van der Waals surface area contributed by atoms with E-state index in [0.29, 0.717) is 12.0 Å². The van der Waals surface area contributed by atoms with Crippen LogP contribution >= 0.6 is 27.7 Å². The molecule has 0 aromatic carbocycles. The number of halogens is 1. The van der Waals surface area contributed by atoms with Crippen molar-refractivity contribution in [3.8, 4) is 0 Å². The molecule has 5 nitrogen and oxygen atoms in total. The second-order valence-electron chi connectivity index (χ2n) is 3.75. The number of nitrogen functional groups attached to an aromatic ring is 1. The molecule has 3 N–H and O–H groups in total. The van der Waals surface area contributed by atoms with E-state index in [0.717, 1.165) is 22.5 Å². The van der Waals surface area contributed by atoms with Crippen molar-refractivity contribution in [2.75, 3.05) is 29.4 Å². The highest BCUT2D eigenvalue weighted by Crippen LogP contribution is 2.25. The first-order valence-corrected chi connectivity index (χ1v) is 7.49. The van der Waals surface area contributed by atoms with Crippen LogP contribution in [0.15, 0.2) is 10.7 Å². The van der Waals surface area contributed by atoms with Crippen LogP contribution in [0.3, 0.4) is 0 Å². The number of nitrogens with two attached hydrogens (primary N) is 1. The molecule has 0 aliphatic rings. The van der Waals surface area contributed by atoms with E-state index in [2.05, 4.69) is 49.4 Å². The van der Waals surface area contributed by atoms with Gasteiger partial charge in [0.2, 0.25) is 5.95 Å². The molecule has 1 aromatic heterocycles. The van der Waals surface area contributed by atoms with E-state index in [9.17, 15) is 0 Å². The molecule has 0 aliphatic heterocycles. The Morgan fingerprint density at radius 3 is 2.94 bits per heavy atom. The maximum atomic E-state index is 5.31. The van der Waals surface area contributed by atoms with Gasteiger partial charge >= 0.3 is 0 Å². The molecule has 0 amide bonds. The highest BCUT2D eigenvalue weighted by Gasteiger charge is 2.15. The van der Waals surface area contributed by atoms with Crippen LogP contribution < -0.4 is 16.2 Å². The van der Waals surface area contributed by atoms with Gasteiger partial charge in [0.1, 0.15) is 5.82 Å². The largest absolute Gasteiger partial charge is 0.356 e. The lowest BCUT2D eigenvalue weighted by molar-refractivity contribution is 0.660. The van der Waals surface area contributed by atoms with Crippen LogP contribution in [0.4, 0.5) is 11.8 Å². The Morgan fingerprint density at radius 1 is 1.65 bits per heavy atom. The Hall–Kier alpha value is -0.530. The highest BCUT2D eigenvalue weighted by atomic mass is 79.9. The quantitative estimate of drug-likeness (QED) is 0.618. The van der Waals surface area contributed by atoms with Gasteiger partial charge in [0.25, 0.3) is 0 Å². The average molecular weight is 320 g/mol. The minimum absolute atomic E-state index is 0.416. The SMILES string of the molecule is CSCCC(C)N(C)c1nc(NN)ncc1Br. The number of rotatable bonds is 6. The molecule has 0 bridgehead atoms. The zero-order valence-corrected chi connectivity index (χ0v) is 12.7. The third-order valence-electron chi connectivity index (χ3n) is 2.59. The van der Waals surface area contributed by atoms with Gasteiger partial charge in [0.05, 0.1) is 4.47 Å². The molecule has 1 unspecified atom stereocenters. The lowest BCUT2D eigenvalue weighted by Gasteiger charge is -2.26. The number of hydrogen-bond acceptors (Lipinski definition) is 6. The maximum absolute atomic E-state index is 5.31. The van der Waals surface area contributed by atoms with E-state index in [1.165, 1.54) is 0 Å². The lowest BCUT2D eigenvalue weighted by Crippen LogP contribution is -2.30. The summed E-state index contributed by atoms with van der Waals surface area (Å²) < 4.78 is 0.870. The van der Waals surface area contributed by atoms with Gasteiger partial charge in [-0.3, -0.25) is 5.43 Å². The van der Waals surface area contributed by atoms with Crippen LogP contribution in [0.2, 0.25) is 0 Å². The smallest absolute Gasteiger partial charge is 0.239 e. The fraction of sp³-hybridized carbons (Fsp3) is 0.600. The number of thioether (sulfide) groups is 1. The lowest BCUT2D eigenvalue weighted by atomic mass is 10.2. The summed E-state index contributed by atoms with van der Waals surface area (Å²) >= 11 is 5.31. The number of hydrogen-bond donors (Lipinski definition) is 2. The van der Waals surface area contributed by atoms with Crippen molar-refractivity contribution in [2.45, 2.75) is 19.4 Å². The van der Waals surface area contributed by atoms with Crippen molar-refractivity contribution in [2.24, 2.45) is 5.84 Å². The summed E-state index contributed by atoms with van der Waals surface area (Å²) in [6.45, 7) is 2.18. The molecule has 7 heteroatoms. The van der Waals surface area contributed by atoms with Crippen molar-refractivity contribution in [1.29, 1.82) is 0 Å². The molecular formula is C10H18BrN5S. The van der Waals surface area contributed by atoms with Crippen molar-refractivity contribution < 1.29 is 0 Å². The zero-order chi connectivity index (χ0) is 12.8. The topological polar surface area (TPSA) is 67.1 Å². The molecule has 0 saturated carbocycles. The van der Waals surface area contributed by atoms with Gasteiger partial charge < -0.3 is 4.90 Å². The highest BCUT2D eigenvalue weighted by molar-refractivity contribution is 9.10. The second-order valence-corrected chi connectivity index (χ2v) is 5.59. The first-order chi connectivity index (χ1) is 8.10. The number of nitrogens with zero attached hydrogens (tertiary/aromatic N) is 3. The summed E-state index contributed by atoms with van der Waals surface area (Å²) in [5.74, 6) is 7.72. The van der Waals surface area contributed by atoms with Gasteiger partial charge in [-0.25, -0.2) is 10.8 Å². The number of nitrogens with one attached hydrogen (secondary N) is 1. The molecule has 17 heavy (non-hydrogen) atoms. The van der Waals surface area contributed by atoms with Gasteiger partial charge in [-0.1, -0.05) is 0 Å². The molecular weight excluding hydrogens is 302 g/mol. The van der Waals surface area contributed by atoms with Gasteiger partial charge in [-0.2, -0.15) is 16.7 Å². The Balaban J connectivity index is 2.82. The number of anilines is 2. The summed E-state index contributed by atoms with van der Waals surface area (Å²) in [7, 11) is 2.03. The summed E-state index contributed by atoms with van der Waals surface area (Å²) in [6.07, 6.45) is 4.93. The Morgan fingerprint density at radius 2 is 2.35 bits per heavy atom. The fourth-order valence-corrected chi connectivity index (χ4v) is 2.41. The molecule has 0 aliphatic carbocycles. The van der Waals surface area contributed by atoms with E-state index in [4.69, 9.17) is 5.84 Å². The van der Waals surface area contributed by atoms with E-state index in [-0.39, 0.29) is 0 Å². The first-order valence-electron chi connectivity index (χ1n) is 5.31. The third kappa shape index (κ3) is 4.01. The summed E-state index contributed by atoms with van der Waals surface area (Å²) in [6, 6.07) is 0.416.